The molecule has 120 valence electrons. The fourth-order valence-corrected chi connectivity index (χ4v) is 2.95. The lowest BCUT2D eigenvalue weighted by atomic mass is 10.1. The Morgan fingerprint density at radius 2 is 1.78 bits per heavy atom. The maximum Gasteiger partial charge on any atom is 0.256 e. The summed E-state index contributed by atoms with van der Waals surface area (Å²) in [5.74, 6) is 1.94. The number of oxazole rings is 1. The summed E-state index contributed by atoms with van der Waals surface area (Å²) in [6.07, 6.45) is 0. The Hall–Kier alpha value is -2.08. The number of hydrogen-bond acceptors (Lipinski definition) is 6. The third-order valence-electron chi connectivity index (χ3n) is 3.83. The molecule has 2 aromatic heterocycles. The predicted octanol–water partition coefficient (Wildman–Crippen LogP) is 4.81. The first-order chi connectivity index (χ1) is 10.9. The highest BCUT2D eigenvalue weighted by molar-refractivity contribution is 7.99. The highest BCUT2D eigenvalue weighted by atomic mass is 32.2. The van der Waals surface area contributed by atoms with Crippen LogP contribution in [0.3, 0.4) is 0 Å². The van der Waals surface area contributed by atoms with Crippen LogP contribution in [0.25, 0.3) is 11.5 Å². The van der Waals surface area contributed by atoms with Crippen molar-refractivity contribution in [2.75, 3.05) is 0 Å². The number of nitrogens with zero attached hydrogens (tertiary/aromatic N) is 3. The van der Waals surface area contributed by atoms with E-state index in [2.05, 4.69) is 41.2 Å². The zero-order valence-electron chi connectivity index (χ0n) is 13.9. The molecule has 1 atom stereocenters. The van der Waals surface area contributed by atoms with Crippen LogP contribution in [0, 0.1) is 27.7 Å². The first-order valence-electron chi connectivity index (χ1n) is 7.45. The Bertz CT molecular complexity index is 819. The third-order valence-corrected chi connectivity index (χ3v) is 4.76. The van der Waals surface area contributed by atoms with Crippen LogP contribution in [0.15, 0.2) is 32.3 Å². The summed E-state index contributed by atoms with van der Waals surface area (Å²) in [5.41, 5.74) is 4.29. The predicted molar refractivity (Wildman–Crippen MR) is 89.5 cm³/mol. The van der Waals surface area contributed by atoms with E-state index < -0.39 is 0 Å². The minimum atomic E-state index is -0.0276. The molecule has 0 radical (unpaired) electrons. The SMILES string of the molecule is Cc1ccc(-c2nnc(C(C)Sc3nc(C)c(C)o3)o2)cc1C. The summed E-state index contributed by atoms with van der Waals surface area (Å²) in [5, 5.41) is 8.92. The first-order valence-corrected chi connectivity index (χ1v) is 8.33. The van der Waals surface area contributed by atoms with E-state index in [-0.39, 0.29) is 5.25 Å². The van der Waals surface area contributed by atoms with Gasteiger partial charge < -0.3 is 8.83 Å². The summed E-state index contributed by atoms with van der Waals surface area (Å²) < 4.78 is 11.4. The van der Waals surface area contributed by atoms with Crippen LogP contribution >= 0.6 is 11.8 Å². The molecular formula is C17H19N3O2S. The Morgan fingerprint density at radius 3 is 2.43 bits per heavy atom. The molecular weight excluding hydrogens is 310 g/mol. The number of aromatic nitrogens is 3. The maximum atomic E-state index is 5.82. The molecule has 1 unspecified atom stereocenters. The second-order valence-electron chi connectivity index (χ2n) is 5.63. The molecule has 5 nitrogen and oxygen atoms in total. The summed E-state index contributed by atoms with van der Waals surface area (Å²) in [7, 11) is 0. The molecule has 0 aliphatic heterocycles. The van der Waals surface area contributed by atoms with Crippen LogP contribution < -0.4 is 0 Å². The molecule has 0 aliphatic rings. The van der Waals surface area contributed by atoms with Gasteiger partial charge in [0.05, 0.1) is 10.9 Å². The van der Waals surface area contributed by atoms with Gasteiger partial charge in [-0.05, 0) is 57.9 Å². The Labute approximate surface area is 139 Å². The lowest BCUT2D eigenvalue weighted by Crippen LogP contribution is -1.88. The van der Waals surface area contributed by atoms with Gasteiger partial charge in [-0.3, -0.25) is 0 Å². The molecule has 23 heavy (non-hydrogen) atoms. The Balaban J connectivity index is 1.79. The molecule has 0 bridgehead atoms. The van der Waals surface area contributed by atoms with Crippen LogP contribution in [0.5, 0.6) is 0 Å². The van der Waals surface area contributed by atoms with Crippen LogP contribution in [-0.4, -0.2) is 15.2 Å². The number of thioether (sulfide) groups is 1. The highest BCUT2D eigenvalue weighted by Gasteiger charge is 2.19. The Morgan fingerprint density at radius 1 is 1.00 bits per heavy atom. The van der Waals surface area contributed by atoms with E-state index in [1.807, 2.05) is 26.8 Å². The summed E-state index contributed by atoms with van der Waals surface area (Å²) in [6, 6.07) is 6.12. The van der Waals surface area contributed by atoms with Gasteiger partial charge in [-0.2, -0.15) is 0 Å². The van der Waals surface area contributed by atoms with Crippen molar-refractivity contribution in [1.29, 1.82) is 0 Å². The third kappa shape index (κ3) is 3.32. The number of hydrogen-bond donors (Lipinski definition) is 0. The monoisotopic (exact) mass is 329 g/mol. The molecule has 2 heterocycles. The molecule has 0 N–H and O–H groups in total. The van der Waals surface area contributed by atoms with E-state index in [0.717, 1.165) is 17.0 Å². The molecule has 6 heteroatoms. The van der Waals surface area contributed by atoms with Crippen molar-refractivity contribution in [3.8, 4) is 11.5 Å². The van der Waals surface area contributed by atoms with E-state index in [1.54, 1.807) is 0 Å². The average Bonchev–Trinajstić information content (AvgIpc) is 3.10. The van der Waals surface area contributed by atoms with Gasteiger partial charge in [-0.15, -0.1) is 10.2 Å². The fourth-order valence-electron chi connectivity index (χ4n) is 2.09. The van der Waals surface area contributed by atoms with Gasteiger partial charge in [0.2, 0.25) is 11.8 Å². The molecule has 3 rings (SSSR count). The van der Waals surface area contributed by atoms with Gasteiger partial charge >= 0.3 is 0 Å². The number of rotatable bonds is 4. The average molecular weight is 329 g/mol. The zero-order chi connectivity index (χ0) is 16.6. The summed E-state index contributed by atoms with van der Waals surface area (Å²) in [6.45, 7) is 9.98. The van der Waals surface area contributed by atoms with E-state index in [1.165, 1.54) is 22.9 Å². The second-order valence-corrected chi connectivity index (χ2v) is 6.92. The van der Waals surface area contributed by atoms with Gasteiger partial charge in [-0.25, -0.2) is 4.98 Å². The summed E-state index contributed by atoms with van der Waals surface area (Å²) >= 11 is 1.47. The lowest BCUT2D eigenvalue weighted by Gasteiger charge is -2.03. The quantitative estimate of drug-likeness (QED) is 0.640. The van der Waals surface area contributed by atoms with Crippen molar-refractivity contribution >= 4 is 11.8 Å². The second kappa shape index (κ2) is 6.20. The smallest absolute Gasteiger partial charge is 0.256 e. The zero-order valence-corrected chi connectivity index (χ0v) is 14.7. The van der Waals surface area contributed by atoms with Gasteiger partial charge in [0, 0.05) is 5.56 Å². The van der Waals surface area contributed by atoms with E-state index in [0.29, 0.717) is 17.0 Å². The minimum absolute atomic E-state index is 0.0276. The van der Waals surface area contributed by atoms with Crippen molar-refractivity contribution in [3.05, 3.63) is 46.7 Å². The largest absolute Gasteiger partial charge is 0.437 e. The molecule has 0 spiro atoms. The highest BCUT2D eigenvalue weighted by Crippen LogP contribution is 2.35. The molecule has 0 amide bonds. The molecule has 0 saturated carbocycles. The minimum Gasteiger partial charge on any atom is -0.437 e. The topological polar surface area (TPSA) is 65.0 Å². The van der Waals surface area contributed by atoms with Crippen molar-refractivity contribution < 1.29 is 8.83 Å². The van der Waals surface area contributed by atoms with Crippen molar-refractivity contribution in [1.82, 2.24) is 15.2 Å². The van der Waals surface area contributed by atoms with Crippen molar-refractivity contribution in [2.24, 2.45) is 0 Å². The maximum absolute atomic E-state index is 5.82. The van der Waals surface area contributed by atoms with Gasteiger partial charge in [0.25, 0.3) is 5.22 Å². The van der Waals surface area contributed by atoms with Crippen molar-refractivity contribution in [2.45, 2.75) is 45.1 Å². The van der Waals surface area contributed by atoms with Gasteiger partial charge in [0.15, 0.2) is 0 Å². The molecule has 0 saturated heterocycles. The molecule has 0 aliphatic carbocycles. The number of aryl methyl sites for hydroxylation is 4. The lowest BCUT2D eigenvalue weighted by molar-refractivity contribution is 0.428. The molecule has 0 fully saturated rings. The van der Waals surface area contributed by atoms with Crippen LogP contribution in [0.1, 0.15) is 40.6 Å². The van der Waals surface area contributed by atoms with E-state index >= 15 is 0 Å². The normalized spacial score (nSPS) is 12.6. The van der Waals surface area contributed by atoms with Crippen molar-refractivity contribution in [3.63, 3.8) is 0 Å². The van der Waals surface area contributed by atoms with E-state index in [9.17, 15) is 0 Å². The molecule has 3 aromatic rings. The summed E-state index contributed by atoms with van der Waals surface area (Å²) in [4.78, 5) is 4.37. The fraction of sp³-hybridized carbons (Fsp3) is 0.353. The first kappa shape index (κ1) is 15.8. The standard InChI is InChI=1S/C17H19N3O2S/c1-9-6-7-14(8-10(9)2)16-20-19-15(22-16)13(5)23-17-18-11(3)12(4)21-17/h6-8,13H,1-5H3. The Kier molecular flexibility index (Phi) is 4.26. The molecule has 1 aromatic carbocycles. The van der Waals surface area contributed by atoms with E-state index in [4.69, 9.17) is 8.83 Å². The van der Waals surface area contributed by atoms with Gasteiger partial charge in [-0.1, -0.05) is 17.8 Å². The van der Waals surface area contributed by atoms with Gasteiger partial charge in [0.1, 0.15) is 5.76 Å². The van der Waals surface area contributed by atoms with Crippen LogP contribution in [0.4, 0.5) is 0 Å². The van der Waals surface area contributed by atoms with Crippen LogP contribution in [0.2, 0.25) is 0 Å². The number of benzene rings is 1. The van der Waals surface area contributed by atoms with Crippen LogP contribution in [-0.2, 0) is 0 Å².